The van der Waals surface area contributed by atoms with Gasteiger partial charge >= 0.3 is 0 Å². The molecule has 18 heavy (non-hydrogen) atoms. The highest BCUT2D eigenvalue weighted by atomic mass is 28.4. The first-order valence-electron chi connectivity index (χ1n) is 7.28. The minimum Gasteiger partial charge on any atom is -0.519 e. The van der Waals surface area contributed by atoms with E-state index in [1.807, 2.05) is 13.0 Å². The maximum atomic E-state index is 6.23. The molecule has 1 rings (SSSR count). The fourth-order valence-electron chi connectivity index (χ4n) is 1.90. The summed E-state index contributed by atoms with van der Waals surface area (Å²) < 4.78 is 12.3. The van der Waals surface area contributed by atoms with Gasteiger partial charge in [0.1, 0.15) is 6.10 Å². The molecule has 0 atom stereocenters. The lowest BCUT2D eigenvalue weighted by molar-refractivity contribution is 0.0167. The lowest BCUT2D eigenvalue weighted by atomic mass is 9.98. The Labute approximate surface area is 114 Å². The standard InChI is InChI=1S/C15H30O2Si/c1-7-14(16-13-11-9-8-10-12-13)17-18(5,6)15(2,3)4/h7,13H,8-12H2,1-6H3/b14-7-. The van der Waals surface area contributed by atoms with Crippen LogP contribution in [0.3, 0.4) is 0 Å². The second-order valence-corrected chi connectivity index (χ2v) is 11.6. The van der Waals surface area contributed by atoms with Crippen molar-refractivity contribution in [1.82, 2.24) is 0 Å². The van der Waals surface area contributed by atoms with E-state index >= 15 is 0 Å². The second kappa shape index (κ2) is 6.13. The third-order valence-corrected chi connectivity index (χ3v) is 8.56. The van der Waals surface area contributed by atoms with Crippen molar-refractivity contribution in [2.75, 3.05) is 0 Å². The molecule has 0 aliphatic heterocycles. The molecule has 106 valence electrons. The van der Waals surface area contributed by atoms with Crippen LogP contribution in [0.15, 0.2) is 12.0 Å². The molecular weight excluding hydrogens is 240 g/mol. The van der Waals surface area contributed by atoms with Crippen molar-refractivity contribution in [2.45, 2.75) is 84.0 Å². The molecule has 0 aromatic rings. The first kappa shape index (κ1) is 15.6. The minimum absolute atomic E-state index is 0.219. The van der Waals surface area contributed by atoms with E-state index in [-0.39, 0.29) is 5.04 Å². The molecule has 3 heteroatoms. The molecule has 0 N–H and O–H groups in total. The van der Waals surface area contributed by atoms with Crippen molar-refractivity contribution in [3.8, 4) is 0 Å². The van der Waals surface area contributed by atoms with Gasteiger partial charge in [0.25, 0.3) is 14.3 Å². The molecule has 0 saturated heterocycles. The minimum atomic E-state index is -1.77. The van der Waals surface area contributed by atoms with Crippen LogP contribution < -0.4 is 0 Å². The van der Waals surface area contributed by atoms with E-state index in [1.165, 1.54) is 32.1 Å². The average Bonchev–Trinajstić information content (AvgIpc) is 2.27. The van der Waals surface area contributed by atoms with Gasteiger partial charge in [-0.3, -0.25) is 0 Å². The average molecular weight is 270 g/mol. The Bertz CT molecular complexity index is 283. The molecule has 1 fully saturated rings. The molecule has 0 aromatic carbocycles. The summed E-state index contributed by atoms with van der Waals surface area (Å²) >= 11 is 0. The monoisotopic (exact) mass is 270 g/mol. The van der Waals surface area contributed by atoms with Crippen LogP contribution in [0.4, 0.5) is 0 Å². The van der Waals surface area contributed by atoms with Crippen LogP contribution in [0.25, 0.3) is 0 Å². The third kappa shape index (κ3) is 4.34. The van der Waals surface area contributed by atoms with E-state index in [0.29, 0.717) is 6.10 Å². The summed E-state index contributed by atoms with van der Waals surface area (Å²) in [7, 11) is -1.77. The van der Waals surface area contributed by atoms with Crippen LogP contribution in [0, 0.1) is 0 Å². The topological polar surface area (TPSA) is 18.5 Å². The summed E-state index contributed by atoms with van der Waals surface area (Å²) in [6, 6.07) is 0. The molecule has 0 amide bonds. The van der Waals surface area contributed by atoms with E-state index in [2.05, 4.69) is 33.9 Å². The van der Waals surface area contributed by atoms with Gasteiger partial charge in [0.2, 0.25) is 0 Å². The summed E-state index contributed by atoms with van der Waals surface area (Å²) in [5.41, 5.74) is 0. The van der Waals surface area contributed by atoms with Crippen LogP contribution >= 0.6 is 0 Å². The number of hydrogen-bond donors (Lipinski definition) is 0. The Morgan fingerprint density at radius 1 is 1.11 bits per heavy atom. The molecule has 0 bridgehead atoms. The molecule has 0 radical (unpaired) electrons. The first-order valence-corrected chi connectivity index (χ1v) is 10.2. The van der Waals surface area contributed by atoms with Crippen molar-refractivity contribution in [2.24, 2.45) is 0 Å². The van der Waals surface area contributed by atoms with E-state index in [9.17, 15) is 0 Å². The van der Waals surface area contributed by atoms with Gasteiger partial charge in [0.05, 0.1) is 0 Å². The van der Waals surface area contributed by atoms with Crippen molar-refractivity contribution in [1.29, 1.82) is 0 Å². The number of ether oxygens (including phenoxy) is 1. The summed E-state index contributed by atoms with van der Waals surface area (Å²) in [6.45, 7) is 13.3. The van der Waals surface area contributed by atoms with E-state index < -0.39 is 8.32 Å². The molecule has 0 unspecified atom stereocenters. The fourth-order valence-corrected chi connectivity index (χ4v) is 2.88. The second-order valence-electron chi connectivity index (χ2n) is 6.85. The van der Waals surface area contributed by atoms with E-state index in [1.54, 1.807) is 0 Å². The van der Waals surface area contributed by atoms with Gasteiger partial charge in [-0.15, -0.1) is 0 Å². The molecule has 1 aliphatic rings. The molecule has 0 heterocycles. The van der Waals surface area contributed by atoms with Crippen LogP contribution in [-0.2, 0) is 9.16 Å². The van der Waals surface area contributed by atoms with Crippen molar-refractivity contribution in [3.63, 3.8) is 0 Å². The predicted octanol–water partition coefficient (Wildman–Crippen LogP) is 5.22. The number of rotatable bonds is 4. The molecule has 0 spiro atoms. The van der Waals surface area contributed by atoms with Gasteiger partial charge in [-0.1, -0.05) is 27.2 Å². The van der Waals surface area contributed by atoms with Crippen LogP contribution in [0.5, 0.6) is 0 Å². The van der Waals surface area contributed by atoms with Crippen molar-refractivity contribution < 1.29 is 9.16 Å². The Morgan fingerprint density at radius 3 is 2.11 bits per heavy atom. The molecule has 2 nitrogen and oxygen atoms in total. The van der Waals surface area contributed by atoms with Gasteiger partial charge < -0.3 is 9.16 Å². The van der Waals surface area contributed by atoms with Gasteiger partial charge in [0, 0.05) is 0 Å². The number of hydrogen-bond acceptors (Lipinski definition) is 2. The molecule has 1 aliphatic carbocycles. The van der Waals surface area contributed by atoms with Gasteiger partial charge in [-0.2, -0.15) is 0 Å². The maximum absolute atomic E-state index is 6.23. The van der Waals surface area contributed by atoms with Crippen LogP contribution in [0.1, 0.15) is 59.8 Å². The summed E-state index contributed by atoms with van der Waals surface area (Å²) in [5, 5.41) is 0.219. The van der Waals surface area contributed by atoms with Crippen molar-refractivity contribution in [3.05, 3.63) is 12.0 Å². The van der Waals surface area contributed by atoms with Crippen molar-refractivity contribution >= 4 is 8.32 Å². The largest absolute Gasteiger partial charge is 0.519 e. The lowest BCUT2D eigenvalue weighted by Crippen LogP contribution is -2.41. The highest BCUT2D eigenvalue weighted by Gasteiger charge is 2.40. The molecule has 0 aromatic heterocycles. The summed E-state index contributed by atoms with van der Waals surface area (Å²) in [6.07, 6.45) is 8.65. The maximum Gasteiger partial charge on any atom is 0.261 e. The SMILES string of the molecule is C/C=C(/OC1CCCCC1)O[Si](C)(C)C(C)(C)C. The Balaban J connectivity index is 2.57. The molecular formula is C15H30O2Si. The van der Waals surface area contributed by atoms with E-state index in [4.69, 9.17) is 9.16 Å². The Kier molecular flexibility index (Phi) is 5.32. The first-order chi connectivity index (χ1) is 8.26. The lowest BCUT2D eigenvalue weighted by Gasteiger charge is -2.37. The summed E-state index contributed by atoms with van der Waals surface area (Å²) in [5.74, 6) is 0.758. The highest BCUT2D eigenvalue weighted by Crippen LogP contribution is 2.38. The van der Waals surface area contributed by atoms with Gasteiger partial charge in [0.15, 0.2) is 0 Å². The predicted molar refractivity (Wildman–Crippen MR) is 80.0 cm³/mol. The Morgan fingerprint density at radius 2 is 1.67 bits per heavy atom. The normalized spacial score (nSPS) is 19.8. The zero-order valence-corrected chi connectivity index (χ0v) is 14.0. The highest BCUT2D eigenvalue weighted by molar-refractivity contribution is 6.74. The third-order valence-electron chi connectivity index (χ3n) is 4.23. The van der Waals surface area contributed by atoms with Crippen LogP contribution in [0.2, 0.25) is 18.1 Å². The Hall–Kier alpha value is -0.443. The zero-order valence-electron chi connectivity index (χ0n) is 13.0. The number of allylic oxidation sites excluding steroid dienone is 1. The zero-order chi connectivity index (χ0) is 13.8. The van der Waals surface area contributed by atoms with Gasteiger partial charge in [-0.05, 0) is 56.8 Å². The smallest absolute Gasteiger partial charge is 0.261 e. The fraction of sp³-hybridized carbons (Fsp3) is 0.867. The van der Waals surface area contributed by atoms with Gasteiger partial charge in [-0.25, -0.2) is 0 Å². The summed E-state index contributed by atoms with van der Waals surface area (Å²) in [4.78, 5) is 0. The van der Waals surface area contributed by atoms with Crippen LogP contribution in [-0.4, -0.2) is 14.4 Å². The van der Waals surface area contributed by atoms with E-state index in [0.717, 1.165) is 5.95 Å². The quantitative estimate of drug-likeness (QED) is 0.515. The molecule has 1 saturated carbocycles.